The number of fused-ring (bicyclic) bond motifs is 1. The van der Waals surface area contributed by atoms with Crippen molar-refractivity contribution in [2.45, 2.75) is 45.6 Å². The lowest BCUT2D eigenvalue weighted by molar-refractivity contribution is -0.148. The van der Waals surface area contributed by atoms with Crippen LogP contribution in [0.5, 0.6) is 0 Å². The lowest BCUT2D eigenvalue weighted by Gasteiger charge is -2.25. The van der Waals surface area contributed by atoms with Crippen molar-refractivity contribution in [3.05, 3.63) is 70.6 Å². The summed E-state index contributed by atoms with van der Waals surface area (Å²) in [6, 6.07) is 15.9. The smallest absolute Gasteiger partial charge is 0.345 e. The molecule has 0 aliphatic carbocycles. The number of aromatic carboxylic acids is 1. The monoisotopic (exact) mass is 474 g/mol. The summed E-state index contributed by atoms with van der Waals surface area (Å²) in [6.45, 7) is 5.52. The zero-order chi connectivity index (χ0) is 23.3. The third-order valence-electron chi connectivity index (χ3n) is 4.69. The maximum absolute atomic E-state index is 13.9. The fourth-order valence-electron chi connectivity index (χ4n) is 3.22. The normalized spacial score (nSPS) is 14.2. The minimum Gasteiger partial charge on any atom is -0.477 e. The van der Waals surface area contributed by atoms with Gasteiger partial charge >= 0.3 is 11.9 Å². The number of nitrogens with one attached hydrogen (secondary N) is 2. The summed E-state index contributed by atoms with van der Waals surface area (Å²) in [5, 5.41) is 16.1. The van der Waals surface area contributed by atoms with Crippen LogP contribution in [0, 0.1) is 0 Å². The summed E-state index contributed by atoms with van der Waals surface area (Å²) >= 11 is 1.20. The van der Waals surface area contributed by atoms with Crippen molar-refractivity contribution in [3.8, 4) is 0 Å². The molecular weight excluding hydrogens is 447 g/mol. The molecule has 1 aromatic heterocycles. The van der Waals surface area contributed by atoms with E-state index in [1.807, 2.05) is 48.5 Å². The fraction of sp³-hybridized carbons (Fsp3) is 0.304. The largest absolute Gasteiger partial charge is 0.477 e. The Morgan fingerprint density at radius 2 is 1.78 bits per heavy atom. The molecule has 0 aliphatic heterocycles. The molecule has 0 radical (unpaired) electrons. The topological polar surface area (TPSA) is 105 Å². The average Bonchev–Trinajstić information content (AvgIpc) is 3.16. The van der Waals surface area contributed by atoms with Crippen LogP contribution in [0.1, 0.15) is 41.6 Å². The Bertz CT molecular complexity index is 1150. The highest BCUT2D eigenvalue weighted by Crippen LogP contribution is 2.42. The molecule has 0 saturated carbocycles. The minimum atomic E-state index is -3.26. The lowest BCUT2D eigenvalue weighted by Crippen LogP contribution is -2.38. The molecule has 7 nitrogen and oxygen atoms in total. The van der Waals surface area contributed by atoms with E-state index in [-0.39, 0.29) is 17.1 Å². The van der Waals surface area contributed by atoms with Crippen LogP contribution in [0.15, 0.2) is 54.6 Å². The predicted octanol–water partition coefficient (Wildman–Crippen LogP) is 5.01. The molecule has 170 valence electrons. The molecule has 3 aromatic rings. The van der Waals surface area contributed by atoms with Crippen LogP contribution in [0.4, 0.5) is 0 Å². The van der Waals surface area contributed by atoms with Gasteiger partial charge in [-0.25, -0.2) is 9.88 Å². The zero-order valence-corrected chi connectivity index (χ0v) is 19.9. The third-order valence-corrected chi connectivity index (χ3v) is 8.07. The van der Waals surface area contributed by atoms with Gasteiger partial charge in [0.1, 0.15) is 10.9 Å². The quantitative estimate of drug-likeness (QED) is 0.280. The van der Waals surface area contributed by atoms with E-state index < -0.39 is 25.4 Å². The first-order valence-corrected chi connectivity index (χ1v) is 13.0. The maximum atomic E-state index is 13.9. The number of rotatable bonds is 10. The number of esters is 1. The number of thiophene rings is 1. The second-order valence-corrected chi connectivity index (χ2v) is 11.3. The van der Waals surface area contributed by atoms with E-state index in [2.05, 4.69) is 10.2 Å². The number of hydrogen-bond acceptors (Lipinski definition) is 5. The zero-order valence-electron chi connectivity index (χ0n) is 18.2. The minimum absolute atomic E-state index is 0.146. The molecule has 0 fully saturated rings. The number of ether oxygens (including phenoxy) is 1. The van der Waals surface area contributed by atoms with E-state index in [9.17, 15) is 19.3 Å². The van der Waals surface area contributed by atoms with Crippen LogP contribution < -0.4 is 10.2 Å². The van der Waals surface area contributed by atoms with Crippen molar-refractivity contribution in [2.75, 3.05) is 0 Å². The molecule has 32 heavy (non-hydrogen) atoms. The number of carboxylic acids is 1. The summed E-state index contributed by atoms with van der Waals surface area (Å²) < 4.78 is 20.0. The number of carboxylic acid groups (broad SMARTS) is 1. The van der Waals surface area contributed by atoms with Crippen molar-refractivity contribution in [2.24, 2.45) is 0 Å². The molecule has 0 spiro atoms. The van der Waals surface area contributed by atoms with Crippen molar-refractivity contribution < 1.29 is 24.0 Å². The Morgan fingerprint density at radius 1 is 1.06 bits per heavy atom. The van der Waals surface area contributed by atoms with Gasteiger partial charge in [-0.2, -0.15) is 0 Å². The van der Waals surface area contributed by atoms with Gasteiger partial charge in [-0.1, -0.05) is 36.4 Å². The van der Waals surface area contributed by atoms with Gasteiger partial charge in [0, 0.05) is 11.2 Å². The SMILES string of the molecule is CC(C)OC(=O)[C@H](C)NP(=O)(Cc1ccc2sc(C(=O)O)cc2c1)NCc1ccccc1. The highest BCUT2D eigenvalue weighted by molar-refractivity contribution is 7.59. The van der Waals surface area contributed by atoms with Gasteiger partial charge in [-0.05, 0) is 55.5 Å². The Labute approximate surface area is 191 Å². The lowest BCUT2D eigenvalue weighted by atomic mass is 10.2. The highest BCUT2D eigenvalue weighted by atomic mass is 32.1. The van der Waals surface area contributed by atoms with Gasteiger partial charge < -0.3 is 9.84 Å². The van der Waals surface area contributed by atoms with Gasteiger partial charge in [-0.3, -0.25) is 14.4 Å². The molecule has 9 heteroatoms. The Balaban J connectivity index is 1.83. The summed E-state index contributed by atoms with van der Waals surface area (Å²) in [4.78, 5) is 23.8. The van der Waals surface area contributed by atoms with Crippen LogP contribution in [-0.4, -0.2) is 29.2 Å². The number of carbonyl (C=O) groups excluding carboxylic acids is 1. The average molecular weight is 475 g/mol. The number of benzene rings is 2. The molecule has 3 N–H and O–H groups in total. The van der Waals surface area contributed by atoms with Crippen molar-refractivity contribution in [1.82, 2.24) is 10.2 Å². The summed E-state index contributed by atoms with van der Waals surface area (Å²) in [6.07, 6.45) is -0.124. The molecule has 0 amide bonds. The van der Waals surface area contributed by atoms with Gasteiger partial charge in [0.25, 0.3) is 0 Å². The van der Waals surface area contributed by atoms with Gasteiger partial charge in [0.2, 0.25) is 7.44 Å². The van der Waals surface area contributed by atoms with E-state index in [1.54, 1.807) is 26.8 Å². The van der Waals surface area contributed by atoms with Crippen molar-refractivity contribution >= 4 is 40.8 Å². The predicted molar refractivity (Wildman–Crippen MR) is 127 cm³/mol. The van der Waals surface area contributed by atoms with Crippen molar-refractivity contribution in [3.63, 3.8) is 0 Å². The van der Waals surface area contributed by atoms with Crippen LogP contribution in [-0.2, 0) is 26.8 Å². The standard InChI is InChI=1S/C23H27N2O5PS/c1-15(2)30-23(28)16(3)25-31(29,24-13-17-7-5-4-6-8-17)14-18-9-10-20-19(11-18)12-21(32-20)22(26)27/h4-12,15-16H,13-14H2,1-3H3,(H,26,27)(H2,24,25,29)/t16-,31?/m0/s1. The molecule has 2 aromatic carbocycles. The van der Waals surface area contributed by atoms with E-state index in [0.717, 1.165) is 21.2 Å². The van der Waals surface area contributed by atoms with Gasteiger partial charge in [0.15, 0.2) is 0 Å². The first kappa shape index (κ1) is 24.1. The Kier molecular flexibility index (Phi) is 7.85. The fourth-order valence-corrected chi connectivity index (χ4v) is 6.27. The van der Waals surface area contributed by atoms with Crippen molar-refractivity contribution in [1.29, 1.82) is 0 Å². The second-order valence-electron chi connectivity index (χ2n) is 7.84. The van der Waals surface area contributed by atoms with Crippen LogP contribution >= 0.6 is 18.8 Å². The first-order chi connectivity index (χ1) is 15.1. The number of hydrogen-bond donors (Lipinski definition) is 3. The second kappa shape index (κ2) is 10.4. The molecule has 0 bridgehead atoms. The summed E-state index contributed by atoms with van der Waals surface area (Å²) in [7, 11) is -3.26. The Hall–Kier alpha value is -2.51. The van der Waals surface area contributed by atoms with Crippen LogP contribution in [0.2, 0.25) is 0 Å². The van der Waals surface area contributed by atoms with Gasteiger partial charge in [0.05, 0.1) is 12.3 Å². The van der Waals surface area contributed by atoms with E-state index in [0.29, 0.717) is 6.54 Å². The highest BCUT2D eigenvalue weighted by Gasteiger charge is 2.28. The van der Waals surface area contributed by atoms with E-state index in [1.165, 1.54) is 11.3 Å². The number of carbonyl (C=O) groups is 2. The molecule has 3 rings (SSSR count). The molecule has 2 atom stereocenters. The molecule has 0 aliphatic rings. The Morgan fingerprint density at radius 3 is 2.44 bits per heavy atom. The van der Waals surface area contributed by atoms with E-state index >= 15 is 0 Å². The van der Waals surface area contributed by atoms with Crippen LogP contribution in [0.3, 0.4) is 0 Å². The molecule has 1 heterocycles. The van der Waals surface area contributed by atoms with Gasteiger partial charge in [-0.15, -0.1) is 11.3 Å². The molecule has 0 saturated heterocycles. The van der Waals surface area contributed by atoms with Crippen LogP contribution in [0.25, 0.3) is 10.1 Å². The summed E-state index contributed by atoms with van der Waals surface area (Å²) in [5.41, 5.74) is 1.74. The third kappa shape index (κ3) is 6.50. The molecule has 1 unspecified atom stereocenters. The maximum Gasteiger partial charge on any atom is 0.345 e. The molecular formula is C23H27N2O5PS. The summed E-state index contributed by atoms with van der Waals surface area (Å²) in [5.74, 6) is -1.44. The van der Waals surface area contributed by atoms with E-state index in [4.69, 9.17) is 4.74 Å². The first-order valence-electron chi connectivity index (χ1n) is 10.3.